The molecule has 9 heteroatoms. The van der Waals surface area contributed by atoms with Gasteiger partial charge in [-0.05, 0) is 54.9 Å². The normalized spacial score (nSPS) is 19.9. The molecule has 1 unspecified atom stereocenters. The van der Waals surface area contributed by atoms with Crippen molar-refractivity contribution in [2.45, 2.75) is 38.3 Å². The van der Waals surface area contributed by atoms with Gasteiger partial charge in [-0.3, -0.25) is 4.79 Å². The number of carboxylic acid groups (broad SMARTS) is 1. The summed E-state index contributed by atoms with van der Waals surface area (Å²) < 4.78 is 5.58. The lowest BCUT2D eigenvalue weighted by Gasteiger charge is -2.28. The van der Waals surface area contributed by atoms with Crippen LogP contribution in [-0.2, 0) is 9.53 Å². The largest absolute Gasteiger partial charge is 0.507 e. The summed E-state index contributed by atoms with van der Waals surface area (Å²) in [6.07, 6.45) is -0.800. The smallest absolute Gasteiger partial charge is 0.408 e. The van der Waals surface area contributed by atoms with E-state index in [2.05, 4.69) is 21.2 Å². The second-order valence-corrected chi connectivity index (χ2v) is 8.01. The molecule has 0 aromatic heterocycles. The molecule has 1 saturated heterocycles. The van der Waals surface area contributed by atoms with E-state index in [4.69, 9.17) is 4.74 Å². The molecule has 0 bridgehead atoms. The zero-order valence-electron chi connectivity index (χ0n) is 14.7. The number of amides is 2. The van der Waals surface area contributed by atoms with Crippen LogP contribution in [0.25, 0.3) is 0 Å². The number of halogens is 1. The third-order valence-corrected chi connectivity index (χ3v) is 4.57. The van der Waals surface area contributed by atoms with E-state index >= 15 is 0 Å². The monoisotopic (exact) mass is 428 g/mol. The molecule has 0 radical (unpaired) electrons. The number of carboxylic acids is 1. The zero-order chi connectivity index (χ0) is 19.7. The van der Waals surface area contributed by atoms with Gasteiger partial charge in [-0.1, -0.05) is 0 Å². The average Bonchev–Trinajstić information content (AvgIpc) is 2.92. The fourth-order valence-corrected chi connectivity index (χ4v) is 2.89. The second kappa shape index (κ2) is 7.14. The lowest BCUT2D eigenvalue weighted by molar-refractivity contribution is -0.144. The first-order valence-corrected chi connectivity index (χ1v) is 8.75. The number of nitrogens with zero attached hydrogens (tertiary/aromatic N) is 1. The predicted molar refractivity (Wildman–Crippen MR) is 96.1 cm³/mol. The van der Waals surface area contributed by atoms with Crippen molar-refractivity contribution in [3.63, 3.8) is 0 Å². The molecule has 1 aliphatic rings. The van der Waals surface area contributed by atoms with Gasteiger partial charge in [-0.15, -0.1) is 0 Å². The van der Waals surface area contributed by atoms with Gasteiger partial charge in [-0.25, -0.2) is 9.59 Å². The van der Waals surface area contributed by atoms with Gasteiger partial charge in [-0.2, -0.15) is 0 Å². The number of carbonyl (C=O) groups excluding carboxylic acids is 2. The molecule has 8 nitrogen and oxygen atoms in total. The Morgan fingerprint density at radius 2 is 1.96 bits per heavy atom. The van der Waals surface area contributed by atoms with Crippen molar-refractivity contribution in [1.82, 2.24) is 10.2 Å². The van der Waals surface area contributed by atoms with Crippen LogP contribution in [0.2, 0.25) is 0 Å². The molecule has 26 heavy (non-hydrogen) atoms. The standard InChI is InChI=1S/C17H21BrN2O6/c1-16(2,3)26-15(25)19-17(14(23)24)6-7-20(9-17)13(22)10-4-5-11(18)12(21)8-10/h4-5,8,21H,6-7,9H2,1-3H3,(H,19,25)(H,23,24). The number of alkyl carbamates (subject to hydrolysis) is 1. The molecule has 1 atom stereocenters. The van der Waals surface area contributed by atoms with E-state index in [1.807, 2.05) is 0 Å². The van der Waals surface area contributed by atoms with E-state index in [1.54, 1.807) is 20.8 Å². The summed E-state index contributed by atoms with van der Waals surface area (Å²) in [6.45, 7) is 4.97. The number of aliphatic carboxylic acids is 1. The van der Waals surface area contributed by atoms with Gasteiger partial charge in [0.1, 0.15) is 11.4 Å². The molecule has 0 aliphatic carbocycles. The quantitative estimate of drug-likeness (QED) is 0.680. The average molecular weight is 429 g/mol. The summed E-state index contributed by atoms with van der Waals surface area (Å²) in [7, 11) is 0. The number of hydrogen-bond acceptors (Lipinski definition) is 5. The number of nitrogens with one attached hydrogen (secondary N) is 1. The third kappa shape index (κ3) is 4.46. The Labute approximate surface area is 159 Å². The molecule has 1 aromatic carbocycles. The Hall–Kier alpha value is -2.29. The Bertz CT molecular complexity index is 745. The van der Waals surface area contributed by atoms with Crippen LogP contribution in [0.4, 0.5) is 4.79 Å². The number of benzene rings is 1. The summed E-state index contributed by atoms with van der Waals surface area (Å²) in [5, 5.41) is 21.7. The van der Waals surface area contributed by atoms with Crippen molar-refractivity contribution in [1.29, 1.82) is 0 Å². The molecule has 0 saturated carbocycles. The highest BCUT2D eigenvalue weighted by Crippen LogP contribution is 2.28. The minimum absolute atomic E-state index is 0.0514. The minimum Gasteiger partial charge on any atom is -0.507 e. The fraction of sp³-hybridized carbons (Fsp3) is 0.471. The van der Waals surface area contributed by atoms with Crippen LogP contribution < -0.4 is 5.32 Å². The summed E-state index contributed by atoms with van der Waals surface area (Å²) in [4.78, 5) is 37.7. The van der Waals surface area contributed by atoms with Crippen molar-refractivity contribution >= 4 is 33.9 Å². The molecule has 1 aromatic rings. The molecule has 142 valence electrons. The van der Waals surface area contributed by atoms with Gasteiger partial charge in [0.25, 0.3) is 5.91 Å². The van der Waals surface area contributed by atoms with Crippen LogP contribution >= 0.6 is 15.9 Å². The molecule has 1 aliphatic heterocycles. The molecular weight excluding hydrogens is 408 g/mol. The molecule has 1 fully saturated rings. The third-order valence-electron chi connectivity index (χ3n) is 3.90. The maximum absolute atomic E-state index is 12.6. The summed E-state index contributed by atoms with van der Waals surface area (Å²) in [5.74, 6) is -1.76. The number of rotatable bonds is 3. The topological polar surface area (TPSA) is 116 Å². The van der Waals surface area contributed by atoms with E-state index < -0.39 is 29.1 Å². The molecule has 0 spiro atoms. The van der Waals surface area contributed by atoms with E-state index in [0.717, 1.165) is 0 Å². The Morgan fingerprint density at radius 3 is 2.50 bits per heavy atom. The number of carbonyl (C=O) groups is 3. The fourth-order valence-electron chi connectivity index (χ4n) is 2.64. The van der Waals surface area contributed by atoms with Crippen LogP contribution in [0, 0.1) is 0 Å². The van der Waals surface area contributed by atoms with Crippen LogP contribution in [0.3, 0.4) is 0 Å². The number of ether oxygens (including phenoxy) is 1. The first-order chi connectivity index (χ1) is 11.9. The summed E-state index contributed by atoms with van der Waals surface area (Å²) >= 11 is 3.14. The number of likely N-dealkylation sites (tertiary alicyclic amines) is 1. The van der Waals surface area contributed by atoms with Crippen LogP contribution in [0.1, 0.15) is 37.6 Å². The first kappa shape index (κ1) is 20.0. The van der Waals surface area contributed by atoms with Gasteiger partial charge < -0.3 is 25.2 Å². The summed E-state index contributed by atoms with van der Waals surface area (Å²) in [6, 6.07) is 4.35. The molecular formula is C17H21BrN2O6. The highest BCUT2D eigenvalue weighted by atomic mass is 79.9. The van der Waals surface area contributed by atoms with Crippen LogP contribution in [0.5, 0.6) is 5.75 Å². The number of phenolic OH excluding ortho intramolecular Hbond substituents is 1. The van der Waals surface area contributed by atoms with Crippen molar-refractivity contribution in [3.8, 4) is 5.75 Å². The molecule has 2 rings (SSSR count). The maximum atomic E-state index is 12.6. The van der Waals surface area contributed by atoms with Crippen molar-refractivity contribution in [2.75, 3.05) is 13.1 Å². The van der Waals surface area contributed by atoms with Crippen LogP contribution in [-0.4, -0.2) is 57.3 Å². The number of phenols is 1. The van der Waals surface area contributed by atoms with Gasteiger partial charge in [0, 0.05) is 18.5 Å². The predicted octanol–water partition coefficient (Wildman–Crippen LogP) is 2.35. The van der Waals surface area contributed by atoms with E-state index in [0.29, 0.717) is 4.47 Å². The number of aromatic hydroxyl groups is 1. The lowest BCUT2D eigenvalue weighted by atomic mass is 9.99. The first-order valence-electron chi connectivity index (χ1n) is 7.96. The highest BCUT2D eigenvalue weighted by molar-refractivity contribution is 9.10. The number of hydrogen-bond donors (Lipinski definition) is 3. The Balaban J connectivity index is 2.15. The lowest BCUT2D eigenvalue weighted by Crippen LogP contribution is -2.57. The summed E-state index contributed by atoms with van der Waals surface area (Å²) in [5.41, 5.74) is -2.16. The van der Waals surface area contributed by atoms with E-state index in [-0.39, 0.29) is 30.8 Å². The molecule has 3 N–H and O–H groups in total. The van der Waals surface area contributed by atoms with Gasteiger partial charge in [0.15, 0.2) is 5.54 Å². The van der Waals surface area contributed by atoms with E-state index in [1.165, 1.54) is 23.1 Å². The maximum Gasteiger partial charge on any atom is 0.408 e. The van der Waals surface area contributed by atoms with Crippen molar-refractivity contribution in [3.05, 3.63) is 28.2 Å². The Morgan fingerprint density at radius 1 is 1.31 bits per heavy atom. The minimum atomic E-state index is -1.62. The van der Waals surface area contributed by atoms with Gasteiger partial charge >= 0.3 is 12.1 Å². The Kier molecular flexibility index (Phi) is 5.50. The van der Waals surface area contributed by atoms with Crippen LogP contribution in [0.15, 0.2) is 22.7 Å². The van der Waals surface area contributed by atoms with Gasteiger partial charge in [0.05, 0.1) is 11.0 Å². The zero-order valence-corrected chi connectivity index (χ0v) is 16.3. The van der Waals surface area contributed by atoms with Gasteiger partial charge in [0.2, 0.25) is 0 Å². The van der Waals surface area contributed by atoms with Crippen molar-refractivity contribution in [2.24, 2.45) is 0 Å². The SMILES string of the molecule is CC(C)(C)OC(=O)NC1(C(=O)O)CCN(C(=O)c2ccc(Br)c(O)c2)C1. The van der Waals surface area contributed by atoms with Crippen molar-refractivity contribution < 1.29 is 29.3 Å². The molecule has 2 amide bonds. The highest BCUT2D eigenvalue weighted by Gasteiger charge is 2.48. The molecule has 1 heterocycles. The van der Waals surface area contributed by atoms with E-state index in [9.17, 15) is 24.6 Å². The second-order valence-electron chi connectivity index (χ2n) is 7.16.